The Labute approximate surface area is 119 Å². The molecular formula is C17H30N2. The molecule has 0 radical (unpaired) electrons. The van der Waals surface area contributed by atoms with Crippen molar-refractivity contribution in [2.45, 2.75) is 40.2 Å². The van der Waals surface area contributed by atoms with E-state index in [0.29, 0.717) is 6.04 Å². The fourth-order valence-electron chi connectivity index (χ4n) is 2.68. The molecule has 0 aliphatic heterocycles. The Morgan fingerprint density at radius 1 is 1.16 bits per heavy atom. The largest absolute Gasteiger partial charge is 0.309 e. The van der Waals surface area contributed by atoms with Crippen molar-refractivity contribution in [3.05, 3.63) is 35.9 Å². The van der Waals surface area contributed by atoms with Crippen molar-refractivity contribution in [1.29, 1.82) is 0 Å². The smallest absolute Gasteiger partial charge is 0.0384 e. The Balaban J connectivity index is 2.89. The monoisotopic (exact) mass is 262 g/mol. The fourth-order valence-corrected chi connectivity index (χ4v) is 2.68. The molecule has 1 unspecified atom stereocenters. The number of nitrogens with one attached hydrogen (secondary N) is 1. The SMILES string of the molecule is CCCNC(c1ccccc1)C(C)(C)CN(C)CC. The van der Waals surface area contributed by atoms with Crippen LogP contribution in [-0.4, -0.2) is 31.6 Å². The molecule has 108 valence electrons. The van der Waals surface area contributed by atoms with Gasteiger partial charge in [0.2, 0.25) is 0 Å². The maximum absolute atomic E-state index is 3.73. The minimum absolute atomic E-state index is 0.210. The predicted octanol–water partition coefficient (Wildman–Crippen LogP) is 3.71. The van der Waals surface area contributed by atoms with Gasteiger partial charge in [-0.2, -0.15) is 0 Å². The van der Waals surface area contributed by atoms with Crippen molar-refractivity contribution in [3.8, 4) is 0 Å². The van der Waals surface area contributed by atoms with Crippen LogP contribution in [0.15, 0.2) is 30.3 Å². The van der Waals surface area contributed by atoms with Crippen LogP contribution in [-0.2, 0) is 0 Å². The van der Waals surface area contributed by atoms with E-state index in [2.05, 4.69) is 75.3 Å². The quantitative estimate of drug-likeness (QED) is 0.768. The lowest BCUT2D eigenvalue weighted by atomic mass is 9.79. The number of hydrogen-bond acceptors (Lipinski definition) is 2. The first kappa shape index (κ1) is 16.2. The Bertz CT molecular complexity index is 346. The summed E-state index contributed by atoms with van der Waals surface area (Å²) in [5.74, 6) is 0. The lowest BCUT2D eigenvalue weighted by Gasteiger charge is -2.38. The van der Waals surface area contributed by atoms with Gasteiger partial charge in [-0.3, -0.25) is 0 Å². The van der Waals surface area contributed by atoms with Crippen molar-refractivity contribution < 1.29 is 0 Å². The summed E-state index contributed by atoms with van der Waals surface area (Å²) in [6.45, 7) is 12.4. The molecule has 0 saturated carbocycles. The Hall–Kier alpha value is -0.860. The third-order valence-electron chi connectivity index (χ3n) is 3.73. The molecule has 1 atom stereocenters. The van der Waals surface area contributed by atoms with E-state index in [0.717, 1.165) is 19.6 Å². The average molecular weight is 262 g/mol. The second kappa shape index (κ2) is 7.66. The molecule has 0 spiro atoms. The third kappa shape index (κ3) is 4.96. The molecule has 0 saturated heterocycles. The van der Waals surface area contributed by atoms with Crippen LogP contribution in [0.2, 0.25) is 0 Å². The lowest BCUT2D eigenvalue weighted by molar-refractivity contribution is 0.161. The van der Waals surface area contributed by atoms with Gasteiger partial charge in [0.15, 0.2) is 0 Å². The van der Waals surface area contributed by atoms with E-state index in [-0.39, 0.29) is 5.41 Å². The van der Waals surface area contributed by atoms with Crippen molar-refractivity contribution in [3.63, 3.8) is 0 Å². The van der Waals surface area contributed by atoms with Crippen LogP contribution < -0.4 is 5.32 Å². The molecule has 0 bridgehead atoms. The third-order valence-corrected chi connectivity index (χ3v) is 3.73. The fraction of sp³-hybridized carbons (Fsp3) is 0.647. The molecule has 2 nitrogen and oxygen atoms in total. The molecule has 0 amide bonds. The lowest BCUT2D eigenvalue weighted by Crippen LogP contribution is -2.42. The zero-order chi connectivity index (χ0) is 14.3. The normalized spacial score (nSPS) is 13.8. The van der Waals surface area contributed by atoms with Crippen LogP contribution in [0.25, 0.3) is 0 Å². The molecule has 0 aliphatic rings. The summed E-state index contributed by atoms with van der Waals surface area (Å²) in [7, 11) is 2.20. The van der Waals surface area contributed by atoms with E-state index in [1.54, 1.807) is 0 Å². The molecule has 0 aliphatic carbocycles. The van der Waals surface area contributed by atoms with E-state index < -0.39 is 0 Å². The van der Waals surface area contributed by atoms with Crippen LogP contribution in [0.1, 0.15) is 45.7 Å². The highest BCUT2D eigenvalue weighted by Gasteiger charge is 2.31. The van der Waals surface area contributed by atoms with Gasteiger partial charge in [-0.25, -0.2) is 0 Å². The van der Waals surface area contributed by atoms with Crippen LogP contribution in [0, 0.1) is 5.41 Å². The molecular weight excluding hydrogens is 232 g/mol. The Kier molecular flexibility index (Phi) is 6.53. The zero-order valence-corrected chi connectivity index (χ0v) is 13.2. The van der Waals surface area contributed by atoms with Gasteiger partial charge in [0.05, 0.1) is 0 Å². The zero-order valence-electron chi connectivity index (χ0n) is 13.2. The van der Waals surface area contributed by atoms with Crippen LogP contribution in [0.5, 0.6) is 0 Å². The van der Waals surface area contributed by atoms with Gasteiger partial charge in [-0.1, -0.05) is 58.0 Å². The second-order valence-electron chi connectivity index (χ2n) is 6.12. The van der Waals surface area contributed by atoms with Gasteiger partial charge in [-0.15, -0.1) is 0 Å². The molecule has 0 heterocycles. The second-order valence-corrected chi connectivity index (χ2v) is 6.12. The topological polar surface area (TPSA) is 15.3 Å². The maximum Gasteiger partial charge on any atom is 0.0384 e. The molecule has 0 fully saturated rings. The highest BCUT2D eigenvalue weighted by molar-refractivity contribution is 5.21. The molecule has 1 N–H and O–H groups in total. The van der Waals surface area contributed by atoms with E-state index in [1.807, 2.05) is 0 Å². The highest BCUT2D eigenvalue weighted by atomic mass is 15.1. The highest BCUT2D eigenvalue weighted by Crippen LogP contribution is 2.34. The van der Waals surface area contributed by atoms with Crippen LogP contribution >= 0.6 is 0 Å². The van der Waals surface area contributed by atoms with Crippen LogP contribution in [0.4, 0.5) is 0 Å². The van der Waals surface area contributed by atoms with Gasteiger partial charge < -0.3 is 10.2 Å². The number of benzene rings is 1. The Morgan fingerprint density at radius 3 is 2.32 bits per heavy atom. The summed E-state index contributed by atoms with van der Waals surface area (Å²) in [6.07, 6.45) is 1.17. The van der Waals surface area contributed by atoms with Crippen molar-refractivity contribution in [2.24, 2.45) is 5.41 Å². The number of hydrogen-bond donors (Lipinski definition) is 1. The predicted molar refractivity (Wildman–Crippen MR) is 84.4 cm³/mol. The number of nitrogens with zero attached hydrogens (tertiary/aromatic N) is 1. The molecule has 1 aromatic carbocycles. The minimum atomic E-state index is 0.210. The number of rotatable bonds is 8. The van der Waals surface area contributed by atoms with Gasteiger partial charge in [0.25, 0.3) is 0 Å². The summed E-state index contributed by atoms with van der Waals surface area (Å²) in [4.78, 5) is 2.39. The summed E-state index contributed by atoms with van der Waals surface area (Å²) in [5.41, 5.74) is 1.60. The van der Waals surface area contributed by atoms with E-state index >= 15 is 0 Å². The van der Waals surface area contributed by atoms with Crippen molar-refractivity contribution in [1.82, 2.24) is 10.2 Å². The van der Waals surface area contributed by atoms with Gasteiger partial charge >= 0.3 is 0 Å². The van der Waals surface area contributed by atoms with Crippen molar-refractivity contribution >= 4 is 0 Å². The molecule has 0 aromatic heterocycles. The maximum atomic E-state index is 3.73. The molecule has 1 rings (SSSR count). The molecule has 1 aromatic rings. The summed E-state index contributed by atoms with van der Waals surface area (Å²) in [6, 6.07) is 11.2. The van der Waals surface area contributed by atoms with E-state index in [1.165, 1.54) is 12.0 Å². The first-order valence-electron chi connectivity index (χ1n) is 7.48. The summed E-state index contributed by atoms with van der Waals surface area (Å²) in [5, 5.41) is 3.73. The first-order chi connectivity index (χ1) is 9.01. The first-order valence-corrected chi connectivity index (χ1v) is 7.48. The van der Waals surface area contributed by atoms with Gasteiger partial charge in [0.1, 0.15) is 0 Å². The van der Waals surface area contributed by atoms with E-state index in [9.17, 15) is 0 Å². The summed E-state index contributed by atoms with van der Waals surface area (Å²) >= 11 is 0. The van der Waals surface area contributed by atoms with E-state index in [4.69, 9.17) is 0 Å². The molecule has 19 heavy (non-hydrogen) atoms. The minimum Gasteiger partial charge on any atom is -0.309 e. The Morgan fingerprint density at radius 2 is 1.79 bits per heavy atom. The van der Waals surface area contributed by atoms with Gasteiger partial charge in [-0.05, 0) is 37.5 Å². The summed E-state index contributed by atoms with van der Waals surface area (Å²) < 4.78 is 0. The van der Waals surface area contributed by atoms with Crippen LogP contribution in [0.3, 0.4) is 0 Å². The molecule has 2 heteroatoms. The van der Waals surface area contributed by atoms with Crippen molar-refractivity contribution in [2.75, 3.05) is 26.7 Å². The van der Waals surface area contributed by atoms with Gasteiger partial charge in [0, 0.05) is 12.6 Å². The average Bonchev–Trinajstić information content (AvgIpc) is 2.39. The standard InChI is InChI=1S/C17H30N2/c1-6-13-18-16(15-11-9-8-10-12-15)17(3,4)14-19(5)7-2/h8-12,16,18H,6-7,13-14H2,1-5H3.